The van der Waals surface area contributed by atoms with Crippen molar-refractivity contribution in [3.05, 3.63) is 30.3 Å². The minimum Gasteiger partial charge on any atom is -0.872 e. The molecular formula is C10H13O2-. The Bertz CT molecular complexity index is 204. The highest BCUT2D eigenvalue weighted by Crippen LogP contribution is 2.10. The lowest BCUT2D eigenvalue weighted by Gasteiger charge is -1.98. The number of para-hydroxylation sites is 1. The Labute approximate surface area is 72.8 Å². The van der Waals surface area contributed by atoms with Gasteiger partial charge in [0.1, 0.15) is 0 Å². The number of epoxide rings is 1. The van der Waals surface area contributed by atoms with Crippen LogP contribution >= 0.6 is 0 Å². The van der Waals surface area contributed by atoms with E-state index in [9.17, 15) is 5.11 Å². The quantitative estimate of drug-likeness (QED) is 0.592. The molecule has 1 fully saturated rings. The van der Waals surface area contributed by atoms with Crippen molar-refractivity contribution in [1.82, 2.24) is 0 Å². The van der Waals surface area contributed by atoms with Crippen molar-refractivity contribution >= 4 is 0 Å². The van der Waals surface area contributed by atoms with E-state index < -0.39 is 0 Å². The summed E-state index contributed by atoms with van der Waals surface area (Å²) in [6, 6.07) is 8.33. The van der Waals surface area contributed by atoms with Gasteiger partial charge in [0, 0.05) is 0 Å². The van der Waals surface area contributed by atoms with Gasteiger partial charge in [-0.25, -0.2) is 0 Å². The second-order valence-corrected chi connectivity index (χ2v) is 2.68. The molecule has 1 heterocycles. The van der Waals surface area contributed by atoms with Crippen molar-refractivity contribution in [2.45, 2.75) is 19.4 Å². The maximum Gasteiger partial charge on any atom is 0.0807 e. The van der Waals surface area contributed by atoms with Crippen molar-refractivity contribution in [2.75, 3.05) is 6.61 Å². The number of hydrogen-bond acceptors (Lipinski definition) is 2. The van der Waals surface area contributed by atoms with E-state index in [1.54, 1.807) is 12.1 Å². The van der Waals surface area contributed by atoms with Crippen LogP contribution in [-0.4, -0.2) is 12.7 Å². The van der Waals surface area contributed by atoms with Gasteiger partial charge in [-0.2, -0.15) is 0 Å². The molecule has 0 radical (unpaired) electrons. The molecule has 2 heteroatoms. The van der Waals surface area contributed by atoms with Crippen LogP contribution in [0.25, 0.3) is 0 Å². The van der Waals surface area contributed by atoms with Crippen LogP contribution < -0.4 is 5.11 Å². The summed E-state index contributed by atoms with van der Waals surface area (Å²) < 4.78 is 4.86. The Morgan fingerprint density at radius 1 is 1.42 bits per heavy atom. The van der Waals surface area contributed by atoms with E-state index in [-0.39, 0.29) is 5.75 Å². The zero-order valence-electron chi connectivity index (χ0n) is 7.19. The van der Waals surface area contributed by atoms with E-state index in [2.05, 4.69) is 6.92 Å². The first-order chi connectivity index (χ1) is 5.83. The third kappa shape index (κ3) is 3.98. The molecule has 1 aromatic carbocycles. The third-order valence-electron chi connectivity index (χ3n) is 1.60. The summed E-state index contributed by atoms with van der Waals surface area (Å²) in [5, 5.41) is 10.3. The predicted molar refractivity (Wildman–Crippen MR) is 45.9 cm³/mol. The van der Waals surface area contributed by atoms with Gasteiger partial charge in [-0.3, -0.25) is 0 Å². The molecule has 66 valence electrons. The molecule has 0 amide bonds. The van der Waals surface area contributed by atoms with Gasteiger partial charge >= 0.3 is 0 Å². The molecule has 12 heavy (non-hydrogen) atoms. The van der Waals surface area contributed by atoms with Crippen molar-refractivity contribution in [3.8, 4) is 5.75 Å². The van der Waals surface area contributed by atoms with Crippen LogP contribution in [0.5, 0.6) is 5.75 Å². The van der Waals surface area contributed by atoms with Gasteiger partial charge < -0.3 is 9.84 Å². The number of benzene rings is 1. The molecule has 1 aliphatic heterocycles. The van der Waals surface area contributed by atoms with Crippen LogP contribution in [0.2, 0.25) is 0 Å². The Morgan fingerprint density at radius 3 is 2.17 bits per heavy atom. The molecule has 0 aliphatic carbocycles. The first-order valence-electron chi connectivity index (χ1n) is 4.16. The van der Waals surface area contributed by atoms with E-state index in [0.29, 0.717) is 6.10 Å². The topological polar surface area (TPSA) is 35.6 Å². The Kier molecular flexibility index (Phi) is 3.61. The number of rotatable bonds is 1. The summed E-state index contributed by atoms with van der Waals surface area (Å²) in [6.45, 7) is 3.15. The molecule has 0 bridgehead atoms. The molecule has 1 aromatic rings. The van der Waals surface area contributed by atoms with Crippen LogP contribution in [0.1, 0.15) is 13.3 Å². The molecule has 1 aliphatic rings. The summed E-state index contributed by atoms with van der Waals surface area (Å²) in [7, 11) is 0. The number of ether oxygens (including phenoxy) is 1. The van der Waals surface area contributed by atoms with Crippen molar-refractivity contribution in [3.63, 3.8) is 0 Å². The van der Waals surface area contributed by atoms with Gasteiger partial charge in [0.15, 0.2) is 0 Å². The van der Waals surface area contributed by atoms with Gasteiger partial charge in [0.05, 0.1) is 12.7 Å². The highest BCUT2D eigenvalue weighted by Gasteiger charge is 2.18. The molecule has 1 saturated heterocycles. The maximum absolute atomic E-state index is 10.3. The molecule has 2 rings (SSSR count). The van der Waals surface area contributed by atoms with Crippen molar-refractivity contribution in [2.24, 2.45) is 0 Å². The Morgan fingerprint density at radius 2 is 2.00 bits per heavy atom. The molecule has 0 N–H and O–H groups in total. The van der Waals surface area contributed by atoms with E-state index >= 15 is 0 Å². The fraction of sp³-hybridized carbons (Fsp3) is 0.400. The maximum atomic E-state index is 10.3. The van der Waals surface area contributed by atoms with Crippen LogP contribution in [-0.2, 0) is 4.74 Å². The third-order valence-corrected chi connectivity index (χ3v) is 1.60. The average molecular weight is 165 g/mol. The van der Waals surface area contributed by atoms with E-state index in [4.69, 9.17) is 4.74 Å². The standard InChI is InChI=1S/C6H6O.C4H8O/c7-6-4-2-1-3-5-6;1-2-4-3-5-4/h1-5,7H;4H,2-3H2,1H3/p-1. The number of hydrogen-bond donors (Lipinski definition) is 0. The first-order valence-corrected chi connectivity index (χ1v) is 4.16. The first kappa shape index (κ1) is 9.07. The molecule has 0 aromatic heterocycles. The second kappa shape index (κ2) is 4.78. The van der Waals surface area contributed by atoms with Crippen molar-refractivity contribution in [1.29, 1.82) is 0 Å². The van der Waals surface area contributed by atoms with E-state index in [0.717, 1.165) is 6.61 Å². The Balaban J connectivity index is 0.000000127. The van der Waals surface area contributed by atoms with Crippen molar-refractivity contribution < 1.29 is 9.84 Å². The summed E-state index contributed by atoms with van der Waals surface area (Å²) in [5.74, 6) is 0.0718. The zero-order valence-corrected chi connectivity index (χ0v) is 7.19. The van der Waals surface area contributed by atoms with Crippen LogP contribution in [0, 0.1) is 0 Å². The van der Waals surface area contributed by atoms with Crippen LogP contribution in [0.3, 0.4) is 0 Å². The molecule has 0 saturated carbocycles. The smallest absolute Gasteiger partial charge is 0.0807 e. The predicted octanol–water partition coefficient (Wildman–Crippen LogP) is 1.56. The minimum atomic E-state index is 0.0718. The zero-order chi connectivity index (χ0) is 8.81. The van der Waals surface area contributed by atoms with Gasteiger partial charge in [-0.05, 0) is 6.42 Å². The second-order valence-electron chi connectivity index (χ2n) is 2.68. The minimum absolute atomic E-state index is 0.0718. The average Bonchev–Trinajstić information content (AvgIpc) is 2.89. The normalized spacial score (nSPS) is 19.2. The summed E-state index contributed by atoms with van der Waals surface area (Å²) >= 11 is 0. The Hall–Kier alpha value is -1.02. The van der Waals surface area contributed by atoms with Crippen LogP contribution in [0.15, 0.2) is 30.3 Å². The van der Waals surface area contributed by atoms with Gasteiger partial charge in [-0.15, -0.1) is 5.75 Å². The SMILES string of the molecule is CCC1CO1.[O-]c1ccccc1. The van der Waals surface area contributed by atoms with E-state index in [1.165, 1.54) is 18.6 Å². The summed E-state index contributed by atoms with van der Waals surface area (Å²) in [4.78, 5) is 0. The largest absolute Gasteiger partial charge is 0.872 e. The van der Waals surface area contributed by atoms with Gasteiger partial charge in [0.2, 0.25) is 0 Å². The summed E-state index contributed by atoms with van der Waals surface area (Å²) in [6.07, 6.45) is 1.83. The van der Waals surface area contributed by atoms with Gasteiger partial charge in [-0.1, -0.05) is 37.3 Å². The highest BCUT2D eigenvalue weighted by atomic mass is 16.6. The lowest BCUT2D eigenvalue weighted by atomic mass is 10.3. The lowest BCUT2D eigenvalue weighted by molar-refractivity contribution is -0.268. The monoisotopic (exact) mass is 165 g/mol. The molecular weight excluding hydrogens is 152 g/mol. The molecule has 0 spiro atoms. The molecule has 1 unspecified atom stereocenters. The highest BCUT2D eigenvalue weighted by molar-refractivity contribution is 5.17. The van der Waals surface area contributed by atoms with E-state index in [1.807, 2.05) is 6.07 Å². The fourth-order valence-electron chi connectivity index (χ4n) is 0.724. The fourth-order valence-corrected chi connectivity index (χ4v) is 0.724. The molecule has 2 nitrogen and oxygen atoms in total. The van der Waals surface area contributed by atoms with Crippen LogP contribution in [0.4, 0.5) is 0 Å². The molecule has 1 atom stereocenters. The lowest BCUT2D eigenvalue weighted by Crippen LogP contribution is -1.85. The van der Waals surface area contributed by atoms with Gasteiger partial charge in [0.25, 0.3) is 0 Å². The summed E-state index contributed by atoms with van der Waals surface area (Å²) in [5.41, 5.74) is 0.